The predicted molar refractivity (Wildman–Crippen MR) is 121 cm³/mol. The second kappa shape index (κ2) is 8.63. The van der Waals surface area contributed by atoms with Crippen molar-refractivity contribution >= 4 is 17.6 Å². The molecule has 2 heterocycles. The molecule has 0 radical (unpaired) electrons. The number of fused-ring (bicyclic) bond motifs is 2. The topological polar surface area (TPSA) is 73.9 Å². The fourth-order valence-electron chi connectivity index (χ4n) is 4.67. The Morgan fingerprint density at radius 3 is 2.09 bits per heavy atom. The molecule has 32 heavy (non-hydrogen) atoms. The molecule has 0 saturated heterocycles. The Hall–Kier alpha value is -3.38. The third-order valence-electron chi connectivity index (χ3n) is 6.23. The summed E-state index contributed by atoms with van der Waals surface area (Å²) in [4.78, 5) is 25.9. The molecular weight excluding hydrogens is 406 g/mol. The zero-order valence-electron chi connectivity index (χ0n) is 18.5. The lowest BCUT2D eigenvalue weighted by atomic mass is 9.76. The summed E-state index contributed by atoms with van der Waals surface area (Å²) in [7, 11) is 2.61. The summed E-state index contributed by atoms with van der Waals surface area (Å²) in [6.45, 7) is 1.92. The monoisotopic (exact) mass is 433 g/mol. The summed E-state index contributed by atoms with van der Waals surface area (Å²) in [6.07, 6.45) is 4.78. The van der Waals surface area contributed by atoms with Gasteiger partial charge < -0.3 is 19.5 Å². The summed E-state index contributed by atoms with van der Waals surface area (Å²) in [5.41, 5.74) is 0.120. The number of carbonyl (C=O) groups is 2. The van der Waals surface area contributed by atoms with Crippen molar-refractivity contribution in [2.24, 2.45) is 0 Å². The number of carbonyl (C=O) groups excluding carboxylic acids is 2. The van der Waals surface area contributed by atoms with Gasteiger partial charge in [0.25, 0.3) is 0 Å². The number of esters is 2. The highest BCUT2D eigenvalue weighted by Gasteiger charge is 2.64. The van der Waals surface area contributed by atoms with E-state index in [0.717, 1.165) is 11.3 Å². The van der Waals surface area contributed by atoms with Gasteiger partial charge in [0.2, 0.25) is 0 Å². The average Bonchev–Trinajstić information content (AvgIpc) is 3.37. The van der Waals surface area contributed by atoms with Crippen molar-refractivity contribution in [1.82, 2.24) is 0 Å². The Balaban J connectivity index is 1.87. The minimum absolute atomic E-state index is 0.195. The first-order chi connectivity index (χ1) is 15.5. The molecule has 2 aromatic carbocycles. The van der Waals surface area contributed by atoms with Crippen molar-refractivity contribution in [2.75, 3.05) is 19.5 Å². The Bertz CT molecular complexity index is 1020. The molecule has 6 heteroatoms. The molecule has 0 saturated carbocycles. The minimum Gasteiger partial charge on any atom is -0.466 e. The first-order valence-corrected chi connectivity index (χ1v) is 10.7. The highest BCUT2D eigenvalue weighted by atomic mass is 16.6. The zero-order valence-corrected chi connectivity index (χ0v) is 18.5. The van der Waals surface area contributed by atoms with Gasteiger partial charge >= 0.3 is 11.9 Å². The van der Waals surface area contributed by atoms with Crippen LogP contribution in [-0.4, -0.2) is 43.4 Å². The summed E-state index contributed by atoms with van der Waals surface area (Å²) in [6, 6.07) is 19.3. The SMILES string of the molecule is CCC12C=CC(C(Cc3ccccc3)Nc3ccccc3)(O1)C(C(=O)OC)=C2C(=O)OC. The van der Waals surface area contributed by atoms with Gasteiger partial charge in [0.15, 0.2) is 0 Å². The summed E-state index contributed by atoms with van der Waals surface area (Å²) in [5, 5.41) is 3.55. The molecule has 2 aromatic rings. The van der Waals surface area contributed by atoms with Crippen molar-refractivity contribution in [3.05, 3.63) is 89.5 Å². The van der Waals surface area contributed by atoms with Crippen LogP contribution in [0.25, 0.3) is 0 Å². The van der Waals surface area contributed by atoms with Crippen LogP contribution in [0.1, 0.15) is 18.9 Å². The lowest BCUT2D eigenvalue weighted by Gasteiger charge is -2.36. The van der Waals surface area contributed by atoms with Gasteiger partial charge in [-0.2, -0.15) is 0 Å². The van der Waals surface area contributed by atoms with Gasteiger partial charge in [-0.1, -0.05) is 55.5 Å². The van der Waals surface area contributed by atoms with Gasteiger partial charge in [0, 0.05) is 5.69 Å². The molecular formula is C26H27NO5. The standard InChI is InChI=1S/C26H27NO5/c1-4-25-15-16-26(32-25,22(24(29)31-3)21(25)23(28)30-2)20(17-18-11-7-5-8-12-18)27-19-13-9-6-10-14-19/h5-16,20,27H,4,17H2,1-3H3. The summed E-state index contributed by atoms with van der Waals surface area (Å²) in [5.74, 6) is -1.19. The maximum atomic E-state index is 13.1. The van der Waals surface area contributed by atoms with Crippen LogP contribution in [0.4, 0.5) is 5.69 Å². The zero-order chi connectivity index (χ0) is 22.8. The van der Waals surface area contributed by atoms with Crippen LogP contribution in [0.15, 0.2) is 84.0 Å². The van der Waals surface area contributed by atoms with E-state index in [2.05, 4.69) is 5.32 Å². The maximum Gasteiger partial charge on any atom is 0.337 e. The van der Waals surface area contributed by atoms with Gasteiger partial charge in [-0.05, 0) is 42.7 Å². The van der Waals surface area contributed by atoms with E-state index in [1.807, 2.05) is 79.7 Å². The number of benzene rings is 2. The van der Waals surface area contributed by atoms with E-state index < -0.39 is 29.2 Å². The number of methoxy groups -OCH3 is 2. The molecule has 0 amide bonds. The van der Waals surface area contributed by atoms with E-state index in [4.69, 9.17) is 14.2 Å². The molecule has 0 fully saturated rings. The lowest BCUT2D eigenvalue weighted by molar-refractivity contribution is -0.139. The molecule has 3 atom stereocenters. The van der Waals surface area contributed by atoms with Crippen LogP contribution in [-0.2, 0) is 30.2 Å². The predicted octanol–water partition coefficient (Wildman–Crippen LogP) is 3.84. The third kappa shape index (κ3) is 3.50. The average molecular weight is 434 g/mol. The van der Waals surface area contributed by atoms with Gasteiger partial charge in [-0.15, -0.1) is 0 Å². The third-order valence-corrected chi connectivity index (χ3v) is 6.23. The van der Waals surface area contributed by atoms with E-state index in [9.17, 15) is 9.59 Å². The van der Waals surface area contributed by atoms with Crippen LogP contribution in [0.5, 0.6) is 0 Å². The van der Waals surface area contributed by atoms with Crippen molar-refractivity contribution in [1.29, 1.82) is 0 Å². The Labute approximate surface area is 187 Å². The van der Waals surface area contributed by atoms with E-state index in [1.54, 1.807) is 0 Å². The smallest absolute Gasteiger partial charge is 0.337 e. The van der Waals surface area contributed by atoms with Crippen LogP contribution in [0, 0.1) is 0 Å². The first kappa shape index (κ1) is 21.8. The number of ether oxygens (including phenoxy) is 3. The molecule has 2 aliphatic heterocycles. The minimum atomic E-state index is -1.20. The largest absolute Gasteiger partial charge is 0.466 e. The van der Waals surface area contributed by atoms with Crippen molar-refractivity contribution in [2.45, 2.75) is 37.0 Å². The van der Waals surface area contributed by atoms with Crippen LogP contribution in [0.3, 0.4) is 0 Å². The van der Waals surface area contributed by atoms with Crippen molar-refractivity contribution in [3.8, 4) is 0 Å². The van der Waals surface area contributed by atoms with E-state index >= 15 is 0 Å². The summed E-state index contributed by atoms with van der Waals surface area (Å²) < 4.78 is 16.8. The van der Waals surface area contributed by atoms with Crippen molar-refractivity contribution < 1.29 is 23.8 Å². The number of hydrogen-bond acceptors (Lipinski definition) is 6. The van der Waals surface area contributed by atoms with E-state index in [1.165, 1.54) is 14.2 Å². The van der Waals surface area contributed by atoms with Gasteiger partial charge in [-0.3, -0.25) is 0 Å². The molecule has 4 rings (SSSR count). The Kier molecular flexibility index (Phi) is 5.89. The molecule has 1 N–H and O–H groups in total. The molecule has 6 nitrogen and oxygen atoms in total. The number of anilines is 1. The first-order valence-electron chi connectivity index (χ1n) is 10.7. The number of para-hydroxylation sites is 1. The molecule has 0 aliphatic carbocycles. The van der Waals surface area contributed by atoms with Crippen LogP contribution in [0.2, 0.25) is 0 Å². The van der Waals surface area contributed by atoms with Crippen LogP contribution >= 0.6 is 0 Å². The summed E-state index contributed by atoms with van der Waals surface area (Å²) >= 11 is 0. The second-order valence-electron chi connectivity index (χ2n) is 7.96. The Morgan fingerprint density at radius 2 is 1.50 bits per heavy atom. The molecule has 2 aliphatic rings. The van der Waals surface area contributed by atoms with Gasteiger partial charge in [0.1, 0.15) is 11.2 Å². The van der Waals surface area contributed by atoms with Crippen molar-refractivity contribution in [3.63, 3.8) is 0 Å². The van der Waals surface area contributed by atoms with E-state index in [0.29, 0.717) is 12.8 Å². The normalized spacial score (nSPS) is 24.3. The van der Waals surface area contributed by atoms with Gasteiger partial charge in [0.05, 0.1) is 31.4 Å². The fraction of sp³-hybridized carbons (Fsp3) is 0.308. The second-order valence-corrected chi connectivity index (χ2v) is 7.96. The highest BCUT2D eigenvalue weighted by Crippen LogP contribution is 2.54. The fourth-order valence-corrected chi connectivity index (χ4v) is 4.67. The number of nitrogens with one attached hydrogen (secondary N) is 1. The van der Waals surface area contributed by atoms with Gasteiger partial charge in [-0.25, -0.2) is 9.59 Å². The number of hydrogen-bond donors (Lipinski definition) is 1. The Morgan fingerprint density at radius 1 is 0.906 bits per heavy atom. The number of rotatable bonds is 8. The van der Waals surface area contributed by atoms with Crippen LogP contribution < -0.4 is 5.32 Å². The molecule has 2 bridgehead atoms. The molecule has 0 aromatic heterocycles. The molecule has 166 valence electrons. The van der Waals surface area contributed by atoms with E-state index in [-0.39, 0.29) is 11.1 Å². The molecule has 0 spiro atoms. The maximum absolute atomic E-state index is 13.1. The molecule has 3 unspecified atom stereocenters. The quantitative estimate of drug-likeness (QED) is 0.504. The highest BCUT2D eigenvalue weighted by molar-refractivity contribution is 6.06. The lowest BCUT2D eigenvalue weighted by Crippen LogP contribution is -2.50.